The first-order valence-electron chi connectivity index (χ1n) is 7.13. The molecule has 1 aliphatic heterocycles. The summed E-state index contributed by atoms with van der Waals surface area (Å²) in [7, 11) is 1.39. The molecule has 1 fully saturated rings. The van der Waals surface area contributed by atoms with Gasteiger partial charge in [0.15, 0.2) is 0 Å². The van der Waals surface area contributed by atoms with Crippen LogP contribution in [0.25, 0.3) is 0 Å². The van der Waals surface area contributed by atoms with E-state index in [4.69, 9.17) is 0 Å². The molecule has 0 radical (unpaired) electrons. The molecule has 1 rings (SSSR count). The van der Waals surface area contributed by atoms with Crippen molar-refractivity contribution in [2.75, 3.05) is 39.8 Å². The van der Waals surface area contributed by atoms with Gasteiger partial charge in [-0.05, 0) is 25.3 Å². The van der Waals surface area contributed by atoms with Gasteiger partial charge in [-0.3, -0.25) is 14.5 Å². The van der Waals surface area contributed by atoms with E-state index in [1.807, 2.05) is 16.7 Å². The molecule has 1 heterocycles. The highest BCUT2D eigenvalue weighted by Crippen LogP contribution is 2.15. The fraction of sp³-hybridized carbons (Fsp3) is 0.857. The number of hydrogen-bond acceptors (Lipinski definition) is 4. The van der Waals surface area contributed by atoms with Crippen molar-refractivity contribution in [2.24, 2.45) is 5.92 Å². The first-order valence-corrected chi connectivity index (χ1v) is 7.13. The van der Waals surface area contributed by atoms with Gasteiger partial charge in [0.05, 0.1) is 20.1 Å². The summed E-state index contributed by atoms with van der Waals surface area (Å²) in [6.07, 6.45) is 2.65. The molecule has 0 aromatic carbocycles. The van der Waals surface area contributed by atoms with Crippen molar-refractivity contribution in [3.8, 4) is 0 Å². The first-order chi connectivity index (χ1) is 9.06. The predicted octanol–water partition coefficient (Wildman–Crippen LogP) is 1.13. The number of esters is 1. The Morgan fingerprint density at radius 2 is 2.16 bits per heavy atom. The average Bonchev–Trinajstić information content (AvgIpc) is 2.42. The maximum absolute atomic E-state index is 12.2. The second kappa shape index (κ2) is 8.15. The third-order valence-electron chi connectivity index (χ3n) is 3.68. The minimum atomic E-state index is -0.225. The third-order valence-corrected chi connectivity index (χ3v) is 3.68. The molecule has 19 heavy (non-hydrogen) atoms. The SMILES string of the molecule is CCN(CCC(=O)OC)CC(=O)N1CCCC(C)C1. The zero-order chi connectivity index (χ0) is 14.3. The molecule has 1 unspecified atom stereocenters. The summed E-state index contributed by atoms with van der Waals surface area (Å²) in [6, 6.07) is 0. The summed E-state index contributed by atoms with van der Waals surface area (Å²) in [5, 5.41) is 0. The summed E-state index contributed by atoms with van der Waals surface area (Å²) in [5.41, 5.74) is 0. The number of carbonyl (C=O) groups is 2. The Kier molecular flexibility index (Phi) is 6.84. The van der Waals surface area contributed by atoms with Crippen LogP contribution in [0.15, 0.2) is 0 Å². The van der Waals surface area contributed by atoms with Gasteiger partial charge in [0.2, 0.25) is 5.91 Å². The van der Waals surface area contributed by atoms with E-state index < -0.39 is 0 Å². The largest absolute Gasteiger partial charge is 0.469 e. The molecule has 110 valence electrons. The van der Waals surface area contributed by atoms with Crippen LogP contribution >= 0.6 is 0 Å². The van der Waals surface area contributed by atoms with E-state index in [9.17, 15) is 9.59 Å². The van der Waals surface area contributed by atoms with E-state index in [1.54, 1.807) is 0 Å². The predicted molar refractivity (Wildman–Crippen MR) is 73.7 cm³/mol. The molecule has 0 aromatic heterocycles. The number of amides is 1. The Balaban J connectivity index is 2.37. The van der Waals surface area contributed by atoms with Crippen LogP contribution in [0.3, 0.4) is 0 Å². The van der Waals surface area contributed by atoms with E-state index in [0.29, 0.717) is 25.4 Å². The molecule has 0 spiro atoms. The highest BCUT2D eigenvalue weighted by molar-refractivity contribution is 5.78. The van der Waals surface area contributed by atoms with Crippen molar-refractivity contribution in [1.29, 1.82) is 0 Å². The standard InChI is InChI=1S/C14H26N2O3/c1-4-15(9-7-14(18)19-3)11-13(17)16-8-5-6-12(2)10-16/h12H,4-11H2,1-3H3. The number of carbonyl (C=O) groups excluding carboxylic acids is 2. The van der Waals surface area contributed by atoms with Gasteiger partial charge in [-0.2, -0.15) is 0 Å². The van der Waals surface area contributed by atoms with Crippen LogP contribution in [-0.2, 0) is 14.3 Å². The lowest BCUT2D eigenvalue weighted by Gasteiger charge is -2.32. The Morgan fingerprint density at radius 3 is 2.74 bits per heavy atom. The number of ether oxygens (including phenoxy) is 1. The number of piperidine rings is 1. The molecule has 0 saturated carbocycles. The normalized spacial score (nSPS) is 19.6. The lowest BCUT2D eigenvalue weighted by atomic mass is 10.0. The summed E-state index contributed by atoms with van der Waals surface area (Å²) < 4.78 is 4.62. The zero-order valence-corrected chi connectivity index (χ0v) is 12.4. The van der Waals surface area contributed by atoms with E-state index in [1.165, 1.54) is 13.5 Å². The smallest absolute Gasteiger partial charge is 0.306 e. The van der Waals surface area contributed by atoms with Crippen molar-refractivity contribution >= 4 is 11.9 Å². The Morgan fingerprint density at radius 1 is 1.42 bits per heavy atom. The van der Waals surface area contributed by atoms with Gasteiger partial charge >= 0.3 is 5.97 Å². The molecule has 0 bridgehead atoms. The van der Waals surface area contributed by atoms with Crippen LogP contribution in [-0.4, -0.2) is 61.5 Å². The summed E-state index contributed by atoms with van der Waals surface area (Å²) in [4.78, 5) is 27.3. The van der Waals surface area contributed by atoms with Crippen LogP contribution in [0.4, 0.5) is 0 Å². The molecule has 0 aromatic rings. The number of likely N-dealkylation sites (N-methyl/N-ethyl adjacent to an activating group) is 1. The van der Waals surface area contributed by atoms with Gasteiger partial charge in [0.1, 0.15) is 0 Å². The lowest BCUT2D eigenvalue weighted by molar-refractivity contribution is -0.142. The highest BCUT2D eigenvalue weighted by Gasteiger charge is 2.22. The van der Waals surface area contributed by atoms with Gasteiger partial charge < -0.3 is 9.64 Å². The quantitative estimate of drug-likeness (QED) is 0.679. The van der Waals surface area contributed by atoms with Crippen LogP contribution in [0.2, 0.25) is 0 Å². The number of methoxy groups -OCH3 is 1. The molecule has 0 N–H and O–H groups in total. The van der Waals surface area contributed by atoms with Crippen molar-refractivity contribution < 1.29 is 14.3 Å². The van der Waals surface area contributed by atoms with E-state index >= 15 is 0 Å². The summed E-state index contributed by atoms with van der Waals surface area (Å²) in [5.74, 6) is 0.554. The molecule has 0 aliphatic carbocycles. The monoisotopic (exact) mass is 270 g/mol. The Hall–Kier alpha value is -1.10. The van der Waals surface area contributed by atoms with Crippen LogP contribution in [0.1, 0.15) is 33.1 Å². The summed E-state index contributed by atoms with van der Waals surface area (Å²) in [6.45, 7) is 7.69. The van der Waals surface area contributed by atoms with Crippen molar-refractivity contribution in [3.63, 3.8) is 0 Å². The number of nitrogens with zero attached hydrogens (tertiary/aromatic N) is 2. The van der Waals surface area contributed by atoms with Gasteiger partial charge in [-0.1, -0.05) is 13.8 Å². The maximum atomic E-state index is 12.2. The molecule has 1 aliphatic rings. The molecule has 1 amide bonds. The maximum Gasteiger partial charge on any atom is 0.306 e. The molecule has 5 heteroatoms. The van der Waals surface area contributed by atoms with Crippen LogP contribution < -0.4 is 0 Å². The van der Waals surface area contributed by atoms with E-state index in [0.717, 1.165) is 26.1 Å². The molecular formula is C14H26N2O3. The fourth-order valence-electron chi connectivity index (χ4n) is 2.41. The zero-order valence-electron chi connectivity index (χ0n) is 12.4. The van der Waals surface area contributed by atoms with Crippen molar-refractivity contribution in [3.05, 3.63) is 0 Å². The topological polar surface area (TPSA) is 49.9 Å². The number of likely N-dealkylation sites (tertiary alicyclic amines) is 1. The second-order valence-corrected chi connectivity index (χ2v) is 5.28. The summed E-state index contributed by atoms with van der Waals surface area (Å²) >= 11 is 0. The van der Waals surface area contributed by atoms with Crippen molar-refractivity contribution in [1.82, 2.24) is 9.80 Å². The van der Waals surface area contributed by atoms with E-state index in [-0.39, 0.29) is 11.9 Å². The first kappa shape index (κ1) is 16.0. The van der Waals surface area contributed by atoms with Crippen molar-refractivity contribution in [2.45, 2.75) is 33.1 Å². The minimum Gasteiger partial charge on any atom is -0.469 e. The molecular weight excluding hydrogens is 244 g/mol. The van der Waals surface area contributed by atoms with Crippen LogP contribution in [0, 0.1) is 5.92 Å². The van der Waals surface area contributed by atoms with Gasteiger partial charge in [-0.15, -0.1) is 0 Å². The number of rotatable bonds is 6. The van der Waals surface area contributed by atoms with Gasteiger partial charge in [0, 0.05) is 19.6 Å². The molecule has 1 saturated heterocycles. The van der Waals surface area contributed by atoms with E-state index in [2.05, 4.69) is 11.7 Å². The fourth-order valence-corrected chi connectivity index (χ4v) is 2.41. The molecule has 5 nitrogen and oxygen atoms in total. The highest BCUT2D eigenvalue weighted by atomic mass is 16.5. The molecule has 1 atom stereocenters. The van der Waals surface area contributed by atoms with Crippen LogP contribution in [0.5, 0.6) is 0 Å². The third kappa shape index (κ3) is 5.59. The average molecular weight is 270 g/mol. The van der Waals surface area contributed by atoms with Gasteiger partial charge in [-0.25, -0.2) is 0 Å². The number of hydrogen-bond donors (Lipinski definition) is 0. The second-order valence-electron chi connectivity index (χ2n) is 5.28. The van der Waals surface area contributed by atoms with Gasteiger partial charge in [0.25, 0.3) is 0 Å². The minimum absolute atomic E-state index is 0.179. The Bertz CT molecular complexity index is 307. The lowest BCUT2D eigenvalue weighted by Crippen LogP contribution is -2.45. The Labute approximate surface area is 115 Å².